The van der Waals surface area contributed by atoms with Crippen LogP contribution in [0, 0.1) is 6.92 Å². The Balaban J connectivity index is 1.24. The van der Waals surface area contributed by atoms with Crippen LogP contribution in [0.4, 0.5) is 0 Å². The Kier molecular flexibility index (Phi) is 8.39. The molecule has 3 aromatic carbocycles. The summed E-state index contributed by atoms with van der Waals surface area (Å²) in [6, 6.07) is 24.4. The number of aliphatic carboxylic acids is 1. The zero-order chi connectivity index (χ0) is 27.2. The molecule has 0 unspecified atom stereocenters. The van der Waals surface area contributed by atoms with E-state index in [4.69, 9.17) is 18.9 Å². The second-order valence-electron chi connectivity index (χ2n) is 9.35. The van der Waals surface area contributed by atoms with Crippen LogP contribution in [0.3, 0.4) is 0 Å². The minimum Gasteiger partial charge on any atom is -0.493 e. The van der Waals surface area contributed by atoms with Crippen molar-refractivity contribution in [3.8, 4) is 28.3 Å². The molecule has 0 fully saturated rings. The third-order valence-corrected chi connectivity index (χ3v) is 7.58. The van der Waals surface area contributed by atoms with Gasteiger partial charge in [0.2, 0.25) is 5.89 Å². The Morgan fingerprint density at radius 2 is 1.72 bits per heavy atom. The summed E-state index contributed by atoms with van der Waals surface area (Å²) < 4.78 is 18.7. The van der Waals surface area contributed by atoms with Crippen molar-refractivity contribution >= 4 is 27.4 Å². The maximum Gasteiger partial charge on any atom is 0.333 e. The molecule has 0 aliphatic rings. The lowest BCUT2D eigenvalue weighted by Gasteiger charge is -2.15. The predicted molar refractivity (Wildman–Crippen MR) is 155 cm³/mol. The molecule has 0 saturated carbocycles. The maximum atomic E-state index is 11.7. The van der Waals surface area contributed by atoms with E-state index in [1.54, 1.807) is 11.3 Å². The van der Waals surface area contributed by atoms with Gasteiger partial charge in [-0.3, -0.25) is 0 Å². The fourth-order valence-corrected chi connectivity index (χ4v) is 5.47. The van der Waals surface area contributed by atoms with Gasteiger partial charge in [0, 0.05) is 35.1 Å². The monoisotopic (exact) mass is 541 g/mol. The zero-order valence-corrected chi connectivity index (χ0v) is 22.9. The lowest BCUT2D eigenvalue weighted by atomic mass is 10.0. The predicted octanol–water partition coefficient (Wildman–Crippen LogP) is 7.58. The number of ether oxygens (including phenoxy) is 2. The quantitative estimate of drug-likeness (QED) is 0.175. The summed E-state index contributed by atoms with van der Waals surface area (Å²) in [7, 11) is 0. The number of hydrogen-bond acceptors (Lipinski definition) is 6. The molecule has 5 aromatic rings. The largest absolute Gasteiger partial charge is 0.493 e. The van der Waals surface area contributed by atoms with Gasteiger partial charge in [-0.05, 0) is 59.7 Å². The molecule has 0 amide bonds. The molecule has 7 heteroatoms. The highest BCUT2D eigenvalue weighted by molar-refractivity contribution is 7.17. The van der Waals surface area contributed by atoms with Crippen LogP contribution in [0.1, 0.15) is 30.4 Å². The molecule has 0 bridgehead atoms. The number of carboxylic acids is 1. The number of carbonyl (C=O) groups is 1. The van der Waals surface area contributed by atoms with Crippen LogP contribution in [0.2, 0.25) is 0 Å². The number of hydrogen-bond donors (Lipinski definition) is 1. The van der Waals surface area contributed by atoms with E-state index in [0.29, 0.717) is 31.9 Å². The number of oxazole rings is 1. The van der Waals surface area contributed by atoms with Crippen molar-refractivity contribution in [1.29, 1.82) is 0 Å². The molecule has 200 valence electrons. The van der Waals surface area contributed by atoms with Crippen LogP contribution in [0.15, 0.2) is 82.6 Å². The highest BCUT2D eigenvalue weighted by atomic mass is 32.1. The number of rotatable bonds is 12. The van der Waals surface area contributed by atoms with Crippen molar-refractivity contribution in [2.24, 2.45) is 0 Å². The van der Waals surface area contributed by atoms with Crippen LogP contribution < -0.4 is 4.74 Å². The van der Waals surface area contributed by atoms with Gasteiger partial charge >= 0.3 is 5.97 Å². The van der Waals surface area contributed by atoms with Crippen molar-refractivity contribution < 1.29 is 23.8 Å². The number of aryl methyl sites for hydroxylation is 1. The first-order valence-electron chi connectivity index (χ1n) is 13.1. The Hall–Kier alpha value is -3.94. The molecule has 6 nitrogen and oxygen atoms in total. The molecule has 2 heterocycles. The molecular weight excluding hydrogens is 510 g/mol. The number of benzene rings is 3. The maximum absolute atomic E-state index is 11.7. The Bertz CT molecular complexity index is 1540. The van der Waals surface area contributed by atoms with Crippen molar-refractivity contribution in [1.82, 2.24) is 4.98 Å². The van der Waals surface area contributed by atoms with E-state index in [-0.39, 0.29) is 0 Å². The van der Waals surface area contributed by atoms with Gasteiger partial charge in [-0.25, -0.2) is 9.78 Å². The summed E-state index contributed by atoms with van der Waals surface area (Å²) in [5.41, 5.74) is 5.07. The number of fused-ring (bicyclic) bond motifs is 1. The smallest absolute Gasteiger partial charge is 0.333 e. The second kappa shape index (κ2) is 12.3. The first-order valence-corrected chi connectivity index (χ1v) is 14.0. The molecule has 0 radical (unpaired) electrons. The standard InChI is InChI=1S/C32H31NO5S/c1-3-17-36-29(32(34)35)20-25-13-14-28(26-16-19-39-30(25)26)37-18-15-27-21(2)38-31(33-27)24-11-9-23(10-12-24)22-7-5-4-6-8-22/h4-14,16,19,29H,3,15,17-18,20H2,1-2H3,(H,34,35)/t29-/m0/s1. The molecule has 0 saturated heterocycles. The van der Waals surface area contributed by atoms with Gasteiger partial charge in [-0.15, -0.1) is 11.3 Å². The van der Waals surface area contributed by atoms with E-state index in [0.717, 1.165) is 50.4 Å². The van der Waals surface area contributed by atoms with Crippen LogP contribution in [0.5, 0.6) is 5.75 Å². The Labute approximate surface area is 231 Å². The van der Waals surface area contributed by atoms with Crippen molar-refractivity contribution in [3.63, 3.8) is 0 Å². The summed E-state index contributed by atoms with van der Waals surface area (Å²) in [6.45, 7) is 4.76. The van der Waals surface area contributed by atoms with E-state index >= 15 is 0 Å². The SMILES string of the molecule is CCCO[C@@H](Cc1ccc(OCCc2nc(-c3ccc(-c4ccccc4)cc3)oc2C)c2ccsc12)C(=O)O. The molecule has 39 heavy (non-hydrogen) atoms. The summed E-state index contributed by atoms with van der Waals surface area (Å²) in [5.74, 6) is 1.21. The van der Waals surface area contributed by atoms with Gasteiger partial charge in [-0.2, -0.15) is 0 Å². The van der Waals surface area contributed by atoms with Gasteiger partial charge < -0.3 is 19.0 Å². The number of nitrogens with zero attached hydrogens (tertiary/aromatic N) is 1. The Morgan fingerprint density at radius 3 is 2.46 bits per heavy atom. The van der Waals surface area contributed by atoms with E-state index in [1.165, 1.54) is 5.56 Å². The van der Waals surface area contributed by atoms with Crippen LogP contribution in [0.25, 0.3) is 32.7 Å². The number of thiophene rings is 1. The highest BCUT2D eigenvalue weighted by Crippen LogP contribution is 2.34. The van der Waals surface area contributed by atoms with Gasteiger partial charge in [-0.1, -0.05) is 55.5 Å². The highest BCUT2D eigenvalue weighted by Gasteiger charge is 2.21. The summed E-state index contributed by atoms with van der Waals surface area (Å²) >= 11 is 1.58. The Morgan fingerprint density at radius 1 is 0.974 bits per heavy atom. The number of aromatic nitrogens is 1. The molecular formula is C32H31NO5S. The average molecular weight is 542 g/mol. The van der Waals surface area contributed by atoms with Crippen molar-refractivity contribution in [3.05, 3.63) is 95.2 Å². The van der Waals surface area contributed by atoms with E-state index in [9.17, 15) is 9.90 Å². The van der Waals surface area contributed by atoms with Crippen LogP contribution in [-0.2, 0) is 22.4 Å². The zero-order valence-electron chi connectivity index (χ0n) is 22.1. The lowest BCUT2D eigenvalue weighted by Crippen LogP contribution is -2.26. The lowest BCUT2D eigenvalue weighted by molar-refractivity contribution is -0.150. The summed E-state index contributed by atoms with van der Waals surface area (Å²) in [6.07, 6.45) is 0.843. The van der Waals surface area contributed by atoms with Gasteiger partial charge in [0.25, 0.3) is 0 Å². The summed E-state index contributed by atoms with van der Waals surface area (Å²) in [4.78, 5) is 16.4. The first-order chi connectivity index (χ1) is 19.0. The summed E-state index contributed by atoms with van der Waals surface area (Å²) in [5, 5.41) is 12.5. The van der Waals surface area contributed by atoms with E-state index in [2.05, 4.69) is 24.3 Å². The molecule has 2 aromatic heterocycles. The first kappa shape index (κ1) is 26.7. The topological polar surface area (TPSA) is 81.8 Å². The van der Waals surface area contributed by atoms with E-state index < -0.39 is 12.1 Å². The van der Waals surface area contributed by atoms with Crippen molar-refractivity contribution in [2.45, 2.75) is 39.2 Å². The molecule has 5 rings (SSSR count). The van der Waals surface area contributed by atoms with Gasteiger partial charge in [0.15, 0.2) is 6.10 Å². The van der Waals surface area contributed by atoms with Crippen molar-refractivity contribution in [2.75, 3.05) is 13.2 Å². The van der Waals surface area contributed by atoms with Crippen LogP contribution in [-0.4, -0.2) is 35.4 Å². The van der Waals surface area contributed by atoms with Crippen LogP contribution >= 0.6 is 11.3 Å². The van der Waals surface area contributed by atoms with Gasteiger partial charge in [0.1, 0.15) is 11.5 Å². The fourth-order valence-electron chi connectivity index (χ4n) is 4.53. The third-order valence-electron chi connectivity index (χ3n) is 6.59. The molecule has 0 spiro atoms. The second-order valence-corrected chi connectivity index (χ2v) is 10.3. The normalized spacial score (nSPS) is 12.1. The molecule has 0 aliphatic carbocycles. The molecule has 0 aliphatic heterocycles. The minimum absolute atomic E-state index is 0.319. The fraction of sp³-hybridized carbons (Fsp3) is 0.250. The number of carboxylic acid groups (broad SMARTS) is 1. The molecule has 1 atom stereocenters. The minimum atomic E-state index is -0.942. The molecule has 1 N–H and O–H groups in total. The average Bonchev–Trinajstić information content (AvgIpc) is 3.60. The third kappa shape index (κ3) is 6.21. The van der Waals surface area contributed by atoms with Gasteiger partial charge in [0.05, 0.1) is 12.3 Å². The van der Waals surface area contributed by atoms with E-state index in [1.807, 2.05) is 67.8 Å².